The number of urea groups is 1. The van der Waals surface area contributed by atoms with E-state index in [1.807, 2.05) is 30.3 Å². The summed E-state index contributed by atoms with van der Waals surface area (Å²) in [4.78, 5) is 17.1. The zero-order chi connectivity index (χ0) is 23.6. The predicted octanol–water partition coefficient (Wildman–Crippen LogP) is 3.89. The molecule has 170 valence electrons. The number of halogens is 1. The molecule has 2 aromatic carbocycles. The molecule has 2 heterocycles. The number of nitrogens with one attached hydrogen (secondary N) is 3. The average Bonchev–Trinajstić information content (AvgIpc) is 3.21. The number of hydrogen-bond acceptors (Lipinski definition) is 5. The molecule has 0 saturated carbocycles. The third-order valence-corrected chi connectivity index (χ3v) is 5.24. The van der Waals surface area contributed by atoms with Gasteiger partial charge in [0.05, 0.1) is 34.8 Å². The normalized spacial score (nSPS) is 12.5. The van der Waals surface area contributed by atoms with Crippen molar-refractivity contribution in [2.45, 2.75) is 32.1 Å². The maximum atomic E-state index is 13.3. The van der Waals surface area contributed by atoms with Crippen molar-refractivity contribution in [1.29, 1.82) is 0 Å². The third kappa shape index (κ3) is 4.84. The number of aromatic amines is 1. The van der Waals surface area contributed by atoms with Crippen LogP contribution < -0.4 is 10.6 Å². The molecule has 4 aromatic rings. The molecule has 2 amide bonds. The topological polar surface area (TPSA) is 123 Å². The Bertz CT molecular complexity index is 1270. The molecule has 0 bridgehead atoms. The second-order valence-corrected chi connectivity index (χ2v) is 8.21. The van der Waals surface area contributed by atoms with Gasteiger partial charge in [0.1, 0.15) is 17.3 Å². The Labute approximate surface area is 189 Å². The molecular formula is C24H24FN5O3. The van der Waals surface area contributed by atoms with Gasteiger partial charge in [-0.15, -0.1) is 0 Å². The van der Waals surface area contributed by atoms with E-state index in [0.717, 1.165) is 5.56 Å². The monoisotopic (exact) mass is 449 g/mol. The number of pyridine rings is 1. The first-order chi connectivity index (χ1) is 15.8. The number of rotatable bonds is 6. The molecule has 5 N–H and O–H groups in total. The number of carbonyl (C=O) groups is 1. The molecule has 0 saturated heterocycles. The van der Waals surface area contributed by atoms with Crippen LogP contribution in [0.5, 0.6) is 0 Å². The summed E-state index contributed by atoms with van der Waals surface area (Å²) in [5.41, 5.74) is 1.55. The van der Waals surface area contributed by atoms with E-state index in [0.29, 0.717) is 27.9 Å². The minimum atomic E-state index is -1.22. The van der Waals surface area contributed by atoms with E-state index >= 15 is 0 Å². The van der Waals surface area contributed by atoms with E-state index < -0.39 is 24.3 Å². The summed E-state index contributed by atoms with van der Waals surface area (Å²) in [6, 6.07) is 15.3. The van der Waals surface area contributed by atoms with Crippen molar-refractivity contribution in [3.05, 3.63) is 77.7 Å². The van der Waals surface area contributed by atoms with Gasteiger partial charge in [-0.3, -0.25) is 10.4 Å². The van der Waals surface area contributed by atoms with Gasteiger partial charge in [0.25, 0.3) is 0 Å². The Morgan fingerprint density at radius 1 is 1.15 bits per heavy atom. The summed E-state index contributed by atoms with van der Waals surface area (Å²) in [6.07, 6.45) is 0. The summed E-state index contributed by atoms with van der Waals surface area (Å²) in [5.74, 6) is -0.169. The largest absolute Gasteiger partial charge is 0.390 e. The van der Waals surface area contributed by atoms with Gasteiger partial charge in [0.15, 0.2) is 0 Å². The quantitative estimate of drug-likeness (QED) is 0.306. The third-order valence-electron chi connectivity index (χ3n) is 5.24. The molecule has 0 aliphatic heterocycles. The number of H-pyrrole nitrogens is 1. The number of aliphatic hydroxyl groups excluding tert-OH is 1. The minimum Gasteiger partial charge on any atom is -0.390 e. The molecule has 9 heteroatoms. The number of aliphatic hydroxyl groups is 2. The second-order valence-electron chi connectivity index (χ2n) is 8.21. The van der Waals surface area contributed by atoms with Gasteiger partial charge in [0, 0.05) is 11.6 Å². The van der Waals surface area contributed by atoms with E-state index in [9.17, 15) is 19.4 Å². The Morgan fingerprint density at radius 2 is 1.85 bits per heavy atom. The first kappa shape index (κ1) is 22.4. The Morgan fingerprint density at radius 3 is 2.48 bits per heavy atom. The fourth-order valence-corrected chi connectivity index (χ4v) is 3.71. The van der Waals surface area contributed by atoms with E-state index in [4.69, 9.17) is 0 Å². The fourth-order valence-electron chi connectivity index (χ4n) is 3.71. The molecule has 0 aliphatic carbocycles. The lowest BCUT2D eigenvalue weighted by atomic mass is 9.92. The Hall–Kier alpha value is -3.82. The lowest BCUT2D eigenvalue weighted by Gasteiger charge is -2.30. The molecule has 0 unspecified atom stereocenters. The van der Waals surface area contributed by atoms with Crippen molar-refractivity contribution in [1.82, 2.24) is 20.5 Å². The number of amides is 2. The maximum absolute atomic E-state index is 13.3. The van der Waals surface area contributed by atoms with Crippen LogP contribution in [0.25, 0.3) is 22.2 Å². The summed E-state index contributed by atoms with van der Waals surface area (Å²) >= 11 is 0. The number of aromatic nitrogens is 3. The number of fused-ring (bicyclic) bond motifs is 1. The lowest BCUT2D eigenvalue weighted by molar-refractivity contribution is 0.0415. The van der Waals surface area contributed by atoms with Crippen molar-refractivity contribution in [2.24, 2.45) is 0 Å². The van der Waals surface area contributed by atoms with E-state index in [2.05, 4.69) is 25.8 Å². The highest BCUT2D eigenvalue weighted by Crippen LogP contribution is 2.30. The van der Waals surface area contributed by atoms with Crippen LogP contribution in [-0.4, -0.2) is 37.0 Å². The highest BCUT2D eigenvalue weighted by molar-refractivity contribution is 5.97. The molecule has 8 nitrogen and oxygen atoms in total. The Balaban J connectivity index is 1.61. The average molecular weight is 449 g/mol. The van der Waals surface area contributed by atoms with Crippen LogP contribution in [0.3, 0.4) is 0 Å². The molecule has 0 spiro atoms. The zero-order valence-electron chi connectivity index (χ0n) is 18.1. The smallest absolute Gasteiger partial charge is 0.320 e. The van der Waals surface area contributed by atoms with E-state index in [1.165, 1.54) is 12.1 Å². The van der Waals surface area contributed by atoms with E-state index in [-0.39, 0.29) is 11.6 Å². The fraction of sp³-hybridized carbons (Fsp3) is 0.208. The number of carbonyl (C=O) groups excluding carboxylic acids is 1. The van der Waals surface area contributed by atoms with Crippen LogP contribution in [0.15, 0.2) is 60.7 Å². The SMILES string of the molecule is CC(C)(O)[C@@H](NC(=O)Nc1cc2[nH]nc(-c3ccc(F)cc3)c2c(CO)n1)c1ccccc1. The highest BCUT2D eigenvalue weighted by atomic mass is 19.1. The molecule has 33 heavy (non-hydrogen) atoms. The molecule has 2 aromatic heterocycles. The standard InChI is InChI=1S/C24H24FN5O3/c1-24(2,33)22(15-6-4-3-5-7-15)28-23(32)27-19-12-17-20(18(13-31)26-19)21(30-29-17)14-8-10-16(25)11-9-14/h3-12,22,31,33H,13H2,1-2H3,(H,29,30)(H2,26,27,28,32)/t22-/m0/s1. The van der Waals surface area contributed by atoms with Gasteiger partial charge in [-0.05, 0) is 43.7 Å². The summed E-state index contributed by atoms with van der Waals surface area (Å²) in [5, 5.41) is 33.6. The minimum absolute atomic E-state index is 0.195. The highest BCUT2D eigenvalue weighted by Gasteiger charge is 2.30. The van der Waals surface area contributed by atoms with Crippen LogP contribution in [0.4, 0.5) is 15.0 Å². The molecule has 4 rings (SSSR count). The summed E-state index contributed by atoms with van der Waals surface area (Å²) in [7, 11) is 0. The second kappa shape index (κ2) is 8.97. The molecule has 0 fully saturated rings. The maximum Gasteiger partial charge on any atom is 0.320 e. The summed E-state index contributed by atoms with van der Waals surface area (Å²) < 4.78 is 13.3. The van der Waals surface area contributed by atoms with Gasteiger partial charge in [-0.25, -0.2) is 14.2 Å². The molecule has 0 radical (unpaired) electrons. The van der Waals surface area contributed by atoms with Crippen molar-refractivity contribution in [3.8, 4) is 11.3 Å². The summed E-state index contributed by atoms with van der Waals surface area (Å²) in [6.45, 7) is 2.83. The van der Waals surface area contributed by atoms with Crippen molar-refractivity contribution < 1.29 is 19.4 Å². The van der Waals surface area contributed by atoms with Gasteiger partial charge < -0.3 is 15.5 Å². The Kier molecular flexibility index (Phi) is 6.08. The molecule has 1 atom stereocenters. The van der Waals surface area contributed by atoms with E-state index in [1.54, 1.807) is 32.0 Å². The van der Waals surface area contributed by atoms with Crippen molar-refractivity contribution in [3.63, 3.8) is 0 Å². The number of nitrogens with zero attached hydrogens (tertiary/aromatic N) is 2. The van der Waals surface area contributed by atoms with Crippen LogP contribution in [0.2, 0.25) is 0 Å². The molecule has 0 aliphatic rings. The number of anilines is 1. The first-order valence-electron chi connectivity index (χ1n) is 10.4. The van der Waals surface area contributed by atoms with Gasteiger partial charge in [-0.2, -0.15) is 5.10 Å². The van der Waals surface area contributed by atoms with Crippen molar-refractivity contribution >= 4 is 22.8 Å². The van der Waals surface area contributed by atoms with Crippen LogP contribution >= 0.6 is 0 Å². The van der Waals surface area contributed by atoms with Gasteiger partial charge >= 0.3 is 6.03 Å². The predicted molar refractivity (Wildman–Crippen MR) is 123 cm³/mol. The first-order valence-corrected chi connectivity index (χ1v) is 10.4. The van der Waals surface area contributed by atoms with Crippen molar-refractivity contribution in [2.75, 3.05) is 5.32 Å². The van der Waals surface area contributed by atoms with Crippen LogP contribution in [-0.2, 0) is 6.61 Å². The van der Waals surface area contributed by atoms with Gasteiger partial charge in [0.2, 0.25) is 0 Å². The zero-order valence-corrected chi connectivity index (χ0v) is 18.1. The van der Waals surface area contributed by atoms with Crippen LogP contribution in [0, 0.1) is 5.82 Å². The number of benzene rings is 2. The number of hydrogen-bond donors (Lipinski definition) is 5. The van der Waals surface area contributed by atoms with Crippen LogP contribution in [0.1, 0.15) is 31.1 Å². The lowest BCUT2D eigenvalue weighted by Crippen LogP contribution is -2.44. The van der Waals surface area contributed by atoms with Gasteiger partial charge in [-0.1, -0.05) is 30.3 Å². The molecular weight excluding hydrogens is 425 g/mol.